The Morgan fingerprint density at radius 3 is 2.83 bits per heavy atom. The summed E-state index contributed by atoms with van der Waals surface area (Å²) in [4.78, 5) is 8.51. The van der Waals surface area contributed by atoms with Crippen molar-refractivity contribution in [3.8, 4) is 0 Å². The molecule has 0 aliphatic carbocycles. The third kappa shape index (κ3) is 2.93. The number of halogens is 1. The van der Waals surface area contributed by atoms with Crippen molar-refractivity contribution in [1.82, 2.24) is 9.97 Å². The van der Waals surface area contributed by atoms with Crippen LogP contribution in [0, 0.1) is 5.92 Å². The number of fused-ring (bicyclic) bond motifs is 1. The van der Waals surface area contributed by atoms with Crippen molar-refractivity contribution in [3.63, 3.8) is 0 Å². The molecule has 2 aromatic heterocycles. The fourth-order valence-corrected chi connectivity index (χ4v) is 3.32. The molecule has 98 valence electrons. The molecule has 5 heteroatoms. The zero-order chi connectivity index (χ0) is 13.0. The fourth-order valence-electron chi connectivity index (χ4n) is 2.08. The molecule has 1 N–H and O–H groups in total. The van der Waals surface area contributed by atoms with Crippen LogP contribution in [0.4, 0.5) is 5.82 Å². The molecule has 2 aromatic rings. The van der Waals surface area contributed by atoms with Crippen LogP contribution in [0.15, 0.2) is 17.8 Å². The smallest absolute Gasteiger partial charge is 0.147 e. The summed E-state index contributed by atoms with van der Waals surface area (Å²) >= 11 is 8.07. The number of thiophene rings is 1. The van der Waals surface area contributed by atoms with Crippen molar-refractivity contribution >= 4 is 39.0 Å². The van der Waals surface area contributed by atoms with E-state index in [0.29, 0.717) is 5.92 Å². The molecule has 0 saturated heterocycles. The number of alkyl halides is 1. The highest BCUT2D eigenvalue weighted by Crippen LogP contribution is 2.26. The maximum Gasteiger partial charge on any atom is 0.147 e. The van der Waals surface area contributed by atoms with Crippen molar-refractivity contribution in [2.45, 2.75) is 32.1 Å². The predicted octanol–water partition coefficient (Wildman–Crippen LogP) is 4.15. The van der Waals surface area contributed by atoms with E-state index in [9.17, 15) is 0 Å². The van der Waals surface area contributed by atoms with Gasteiger partial charge in [0.05, 0.1) is 15.6 Å². The van der Waals surface area contributed by atoms with E-state index in [4.69, 9.17) is 11.6 Å². The first-order valence-corrected chi connectivity index (χ1v) is 7.64. The van der Waals surface area contributed by atoms with Crippen LogP contribution >= 0.6 is 22.9 Å². The van der Waals surface area contributed by atoms with Gasteiger partial charge >= 0.3 is 0 Å². The van der Waals surface area contributed by atoms with Gasteiger partial charge in [-0.1, -0.05) is 26.7 Å². The van der Waals surface area contributed by atoms with Gasteiger partial charge in [-0.25, -0.2) is 9.97 Å². The normalized spacial score (nSPS) is 13.1. The number of hydrogen-bond donors (Lipinski definition) is 1. The number of rotatable bonds is 6. The molecule has 0 saturated carbocycles. The first-order chi connectivity index (χ1) is 8.76. The van der Waals surface area contributed by atoms with Crippen LogP contribution in [0.1, 0.15) is 26.7 Å². The van der Waals surface area contributed by atoms with Gasteiger partial charge < -0.3 is 5.32 Å². The zero-order valence-electron chi connectivity index (χ0n) is 10.7. The van der Waals surface area contributed by atoms with E-state index < -0.39 is 0 Å². The van der Waals surface area contributed by atoms with Crippen molar-refractivity contribution in [3.05, 3.63) is 17.8 Å². The Morgan fingerprint density at radius 2 is 2.11 bits per heavy atom. The van der Waals surface area contributed by atoms with E-state index in [2.05, 4.69) is 29.1 Å². The summed E-state index contributed by atoms with van der Waals surface area (Å²) in [5.41, 5.74) is 0.992. The lowest BCUT2D eigenvalue weighted by Crippen LogP contribution is -2.23. The van der Waals surface area contributed by atoms with Gasteiger partial charge in [-0.05, 0) is 17.4 Å². The van der Waals surface area contributed by atoms with Gasteiger partial charge in [-0.15, -0.1) is 22.9 Å². The molecule has 0 radical (unpaired) electrons. The van der Waals surface area contributed by atoms with Gasteiger partial charge in [-0.2, -0.15) is 0 Å². The highest BCUT2D eigenvalue weighted by atomic mass is 35.5. The number of hydrogen-bond acceptors (Lipinski definition) is 4. The summed E-state index contributed by atoms with van der Waals surface area (Å²) in [5.74, 6) is 1.45. The molecule has 0 aliphatic heterocycles. The summed E-state index contributed by atoms with van der Waals surface area (Å²) in [5, 5.41) is 5.52. The van der Waals surface area contributed by atoms with Gasteiger partial charge in [0.1, 0.15) is 12.1 Å². The molecule has 0 aliphatic rings. The fraction of sp³-hybridized carbons (Fsp3) is 0.538. The van der Waals surface area contributed by atoms with E-state index >= 15 is 0 Å². The first-order valence-electron chi connectivity index (χ1n) is 6.32. The van der Waals surface area contributed by atoms with Crippen molar-refractivity contribution < 1.29 is 0 Å². The van der Waals surface area contributed by atoms with Crippen LogP contribution in [0.25, 0.3) is 10.2 Å². The largest absolute Gasteiger partial charge is 0.367 e. The average molecular weight is 284 g/mol. The second kappa shape index (κ2) is 6.34. The predicted molar refractivity (Wildman–Crippen MR) is 79.6 cm³/mol. The number of aromatic nitrogens is 2. The van der Waals surface area contributed by atoms with Crippen molar-refractivity contribution in [2.75, 3.05) is 11.9 Å². The molecular formula is C13H18ClN3S. The number of anilines is 1. The zero-order valence-corrected chi connectivity index (χ0v) is 12.3. The molecule has 0 amide bonds. The standard InChI is InChI=1S/C13H18ClN3S/c1-3-9(4-2)10(14)7-15-13-12-11(5-6-18-12)16-8-17-13/h5-6,8-10H,3-4,7H2,1-2H3,(H,15,16,17). The lowest BCUT2D eigenvalue weighted by atomic mass is 9.99. The first kappa shape index (κ1) is 13.6. The molecule has 2 heterocycles. The Hall–Kier alpha value is -0.870. The van der Waals surface area contributed by atoms with Crippen molar-refractivity contribution in [2.24, 2.45) is 5.92 Å². The lowest BCUT2D eigenvalue weighted by molar-refractivity contribution is 0.475. The van der Waals surface area contributed by atoms with Gasteiger partial charge in [0.2, 0.25) is 0 Å². The third-order valence-corrected chi connectivity index (χ3v) is 4.69. The van der Waals surface area contributed by atoms with Gasteiger partial charge in [0.15, 0.2) is 0 Å². The Labute approximate surface area is 117 Å². The molecule has 18 heavy (non-hydrogen) atoms. The summed E-state index contributed by atoms with van der Waals surface area (Å²) in [6, 6.07) is 2.01. The molecule has 3 nitrogen and oxygen atoms in total. The molecule has 0 spiro atoms. The maximum absolute atomic E-state index is 6.42. The molecular weight excluding hydrogens is 266 g/mol. The summed E-state index contributed by atoms with van der Waals surface area (Å²) in [6.45, 7) is 5.12. The summed E-state index contributed by atoms with van der Waals surface area (Å²) in [7, 11) is 0. The van der Waals surface area contributed by atoms with E-state index in [0.717, 1.165) is 35.4 Å². The minimum Gasteiger partial charge on any atom is -0.367 e. The van der Waals surface area contributed by atoms with Gasteiger partial charge in [0.25, 0.3) is 0 Å². The topological polar surface area (TPSA) is 37.8 Å². The minimum absolute atomic E-state index is 0.143. The van der Waals surface area contributed by atoms with Gasteiger partial charge in [-0.3, -0.25) is 0 Å². The van der Waals surface area contributed by atoms with Crippen molar-refractivity contribution in [1.29, 1.82) is 0 Å². The quantitative estimate of drug-likeness (QED) is 0.810. The second-order valence-electron chi connectivity index (χ2n) is 4.33. The lowest BCUT2D eigenvalue weighted by Gasteiger charge is -2.19. The number of nitrogens with zero attached hydrogens (tertiary/aromatic N) is 2. The molecule has 2 rings (SSSR count). The van der Waals surface area contributed by atoms with E-state index in [1.165, 1.54) is 0 Å². The molecule has 0 bridgehead atoms. The Kier molecular flexibility index (Phi) is 4.78. The van der Waals surface area contributed by atoms with E-state index in [1.54, 1.807) is 17.7 Å². The third-order valence-electron chi connectivity index (χ3n) is 3.27. The molecule has 0 aromatic carbocycles. The van der Waals surface area contributed by atoms with Crippen LogP contribution in [0.5, 0.6) is 0 Å². The van der Waals surface area contributed by atoms with E-state index in [1.807, 2.05) is 11.4 Å². The summed E-state index contributed by atoms with van der Waals surface area (Å²) < 4.78 is 1.10. The van der Waals surface area contributed by atoms with Crippen LogP contribution in [0.3, 0.4) is 0 Å². The van der Waals surface area contributed by atoms with Crippen LogP contribution in [-0.2, 0) is 0 Å². The van der Waals surface area contributed by atoms with Gasteiger partial charge in [0, 0.05) is 6.54 Å². The molecule has 1 unspecified atom stereocenters. The minimum atomic E-state index is 0.143. The average Bonchev–Trinajstić information content (AvgIpc) is 2.86. The highest BCUT2D eigenvalue weighted by Gasteiger charge is 2.16. The SMILES string of the molecule is CCC(CC)C(Cl)CNc1ncnc2ccsc12. The maximum atomic E-state index is 6.42. The van der Waals surface area contributed by atoms with Crippen LogP contribution in [-0.4, -0.2) is 21.9 Å². The highest BCUT2D eigenvalue weighted by molar-refractivity contribution is 7.17. The second-order valence-corrected chi connectivity index (χ2v) is 5.81. The molecule has 0 fully saturated rings. The Bertz CT molecular complexity index is 496. The van der Waals surface area contributed by atoms with Crippen LogP contribution in [0.2, 0.25) is 0 Å². The van der Waals surface area contributed by atoms with E-state index in [-0.39, 0.29) is 5.38 Å². The van der Waals surface area contributed by atoms with Crippen LogP contribution < -0.4 is 5.32 Å². The summed E-state index contributed by atoms with van der Waals surface area (Å²) in [6.07, 6.45) is 3.83. The Morgan fingerprint density at radius 1 is 1.33 bits per heavy atom. The Balaban J connectivity index is 2.04. The molecule has 1 atom stereocenters. The number of nitrogens with one attached hydrogen (secondary N) is 1. The monoisotopic (exact) mass is 283 g/mol.